The van der Waals surface area contributed by atoms with Gasteiger partial charge in [0.25, 0.3) is 0 Å². The third kappa shape index (κ3) is 3.82. The van der Waals surface area contributed by atoms with E-state index in [0.717, 1.165) is 6.42 Å². The molecule has 1 atom stereocenters. The van der Waals surface area contributed by atoms with Crippen LogP contribution in [0.5, 0.6) is 0 Å². The summed E-state index contributed by atoms with van der Waals surface area (Å²) in [5.74, 6) is 0.467. The van der Waals surface area contributed by atoms with Gasteiger partial charge in [0, 0.05) is 5.39 Å². The minimum Gasteiger partial charge on any atom is -0.300 e. The van der Waals surface area contributed by atoms with Crippen LogP contribution in [0.4, 0.5) is 0 Å². The molecule has 2 nitrogen and oxygen atoms in total. The number of allylic oxidation sites excluding steroid dienone is 1. The molecule has 8 rings (SSSR count). The molecule has 2 aliphatic rings. The smallest absolute Gasteiger partial charge is 0.0944 e. The third-order valence-corrected chi connectivity index (χ3v) is 9.42. The van der Waals surface area contributed by atoms with Gasteiger partial charge in [0.1, 0.15) is 0 Å². The molecular formula is C39H32N2. The van der Waals surface area contributed by atoms with Gasteiger partial charge in [-0.3, -0.25) is 4.99 Å². The van der Waals surface area contributed by atoms with Gasteiger partial charge in [-0.25, -0.2) is 0 Å². The average Bonchev–Trinajstić information content (AvgIpc) is 3.44. The van der Waals surface area contributed by atoms with E-state index in [-0.39, 0.29) is 5.41 Å². The molecule has 0 radical (unpaired) electrons. The van der Waals surface area contributed by atoms with Crippen LogP contribution in [-0.2, 0) is 18.4 Å². The topological polar surface area (TPSA) is 17.3 Å². The monoisotopic (exact) mass is 528 g/mol. The molecule has 0 N–H and O–H groups in total. The van der Waals surface area contributed by atoms with Crippen LogP contribution < -0.4 is 0 Å². The first-order valence-corrected chi connectivity index (χ1v) is 14.6. The van der Waals surface area contributed by atoms with Crippen LogP contribution in [0.3, 0.4) is 0 Å². The first kappa shape index (κ1) is 24.1. The summed E-state index contributed by atoms with van der Waals surface area (Å²) < 4.78 is 2.34. The first-order valence-electron chi connectivity index (χ1n) is 14.6. The Morgan fingerprint density at radius 2 is 1.56 bits per heavy atom. The van der Waals surface area contributed by atoms with E-state index in [9.17, 15) is 0 Å². The van der Waals surface area contributed by atoms with E-state index in [0.29, 0.717) is 12.5 Å². The van der Waals surface area contributed by atoms with Crippen LogP contribution in [0.25, 0.3) is 44.5 Å². The van der Waals surface area contributed by atoms with E-state index in [2.05, 4.69) is 146 Å². The van der Waals surface area contributed by atoms with Crippen molar-refractivity contribution in [3.63, 3.8) is 0 Å². The Morgan fingerprint density at radius 3 is 2.44 bits per heavy atom. The molecule has 2 aliphatic carbocycles. The van der Waals surface area contributed by atoms with Crippen molar-refractivity contribution in [3.05, 3.63) is 143 Å². The molecule has 0 aliphatic heterocycles. The van der Waals surface area contributed by atoms with Crippen molar-refractivity contribution in [1.82, 2.24) is 4.57 Å². The Balaban J connectivity index is 1.27. The fourth-order valence-corrected chi connectivity index (χ4v) is 7.23. The largest absolute Gasteiger partial charge is 0.300 e. The summed E-state index contributed by atoms with van der Waals surface area (Å²) in [6.07, 6.45) is 5.56. The lowest BCUT2D eigenvalue weighted by Crippen LogP contribution is -2.27. The zero-order valence-electron chi connectivity index (χ0n) is 23.5. The predicted octanol–water partition coefficient (Wildman–Crippen LogP) is 9.54. The molecule has 0 spiro atoms. The number of fused-ring (bicyclic) bond motifs is 7. The van der Waals surface area contributed by atoms with Gasteiger partial charge in [-0.05, 0) is 85.7 Å². The van der Waals surface area contributed by atoms with Crippen molar-refractivity contribution < 1.29 is 0 Å². The Morgan fingerprint density at radius 1 is 0.780 bits per heavy atom. The molecule has 1 aromatic heterocycles. The number of aromatic nitrogens is 1. The van der Waals surface area contributed by atoms with Gasteiger partial charge in [0.15, 0.2) is 0 Å². The Bertz CT molecular complexity index is 2020. The van der Waals surface area contributed by atoms with E-state index in [1.807, 2.05) is 0 Å². The normalized spacial score (nSPS) is 17.0. The second kappa shape index (κ2) is 9.17. The molecule has 6 aromatic rings. The highest BCUT2D eigenvalue weighted by Gasteiger charge is 2.45. The van der Waals surface area contributed by atoms with Crippen LogP contribution in [0.1, 0.15) is 41.8 Å². The van der Waals surface area contributed by atoms with Crippen LogP contribution in [0, 0.1) is 5.92 Å². The summed E-state index contributed by atoms with van der Waals surface area (Å²) in [4.78, 5) is 5.02. The Hall–Kier alpha value is -4.69. The molecule has 5 aromatic carbocycles. The van der Waals surface area contributed by atoms with E-state index in [1.54, 1.807) is 0 Å². The van der Waals surface area contributed by atoms with E-state index >= 15 is 0 Å². The van der Waals surface area contributed by atoms with Crippen molar-refractivity contribution in [1.29, 1.82) is 0 Å². The number of rotatable bonds is 4. The summed E-state index contributed by atoms with van der Waals surface area (Å²) >= 11 is 0. The third-order valence-electron chi connectivity index (χ3n) is 9.42. The van der Waals surface area contributed by atoms with Gasteiger partial charge in [0.2, 0.25) is 0 Å². The van der Waals surface area contributed by atoms with Gasteiger partial charge >= 0.3 is 0 Å². The van der Waals surface area contributed by atoms with E-state index < -0.39 is 0 Å². The van der Waals surface area contributed by atoms with Gasteiger partial charge in [-0.2, -0.15) is 0 Å². The zero-order valence-corrected chi connectivity index (χ0v) is 23.5. The molecule has 0 saturated carbocycles. The van der Waals surface area contributed by atoms with Crippen molar-refractivity contribution in [2.24, 2.45) is 10.9 Å². The van der Waals surface area contributed by atoms with Gasteiger partial charge in [0.05, 0.1) is 24.1 Å². The van der Waals surface area contributed by atoms with E-state index in [4.69, 9.17) is 4.99 Å². The maximum Gasteiger partial charge on any atom is 0.0944 e. The van der Waals surface area contributed by atoms with Crippen LogP contribution in [-0.4, -0.2) is 10.9 Å². The highest BCUT2D eigenvalue weighted by molar-refractivity contribution is 6.01. The average molecular weight is 529 g/mol. The zero-order chi connectivity index (χ0) is 27.6. The lowest BCUT2D eigenvalue weighted by molar-refractivity contribution is 0.410. The number of hydrogen-bond donors (Lipinski definition) is 0. The van der Waals surface area contributed by atoms with Gasteiger partial charge < -0.3 is 4.57 Å². The molecule has 41 heavy (non-hydrogen) atoms. The van der Waals surface area contributed by atoms with Crippen LogP contribution in [0.15, 0.2) is 120 Å². The fourth-order valence-electron chi connectivity index (χ4n) is 7.23. The van der Waals surface area contributed by atoms with Crippen molar-refractivity contribution >= 4 is 39.7 Å². The quantitative estimate of drug-likeness (QED) is 0.160. The first-order chi connectivity index (χ1) is 20.1. The number of hydrogen-bond acceptors (Lipinski definition) is 1. The summed E-state index contributed by atoms with van der Waals surface area (Å²) in [7, 11) is 0. The number of benzene rings is 5. The molecule has 0 amide bonds. The fraction of sp³-hybridized carbons (Fsp3) is 0.154. The van der Waals surface area contributed by atoms with Crippen LogP contribution >= 0.6 is 0 Å². The Kier molecular flexibility index (Phi) is 5.40. The highest BCUT2D eigenvalue weighted by Crippen LogP contribution is 2.54. The Labute approximate surface area is 241 Å². The summed E-state index contributed by atoms with van der Waals surface area (Å²) in [5.41, 5.74) is 12.1. The molecule has 2 heteroatoms. The molecule has 0 fully saturated rings. The summed E-state index contributed by atoms with van der Waals surface area (Å²) in [6, 6.07) is 41.8. The van der Waals surface area contributed by atoms with E-state index in [1.165, 1.54) is 66.3 Å². The highest BCUT2D eigenvalue weighted by atomic mass is 15.0. The van der Waals surface area contributed by atoms with Crippen molar-refractivity contribution in [2.75, 3.05) is 0 Å². The number of aliphatic imine (C=N–C) groups is 1. The number of nitrogens with zero attached hydrogens (tertiary/aromatic N) is 2. The molecule has 1 unspecified atom stereocenters. The predicted molar refractivity (Wildman–Crippen MR) is 173 cm³/mol. The lowest BCUT2D eigenvalue weighted by Gasteiger charge is -2.31. The lowest BCUT2D eigenvalue weighted by atomic mass is 9.72. The minimum absolute atomic E-state index is 0.0999. The molecular weight excluding hydrogens is 496 g/mol. The van der Waals surface area contributed by atoms with Crippen molar-refractivity contribution in [2.45, 2.75) is 32.2 Å². The molecule has 198 valence electrons. The summed E-state index contributed by atoms with van der Waals surface area (Å²) in [6.45, 7) is 5.48. The molecule has 1 heterocycles. The summed E-state index contributed by atoms with van der Waals surface area (Å²) in [5, 5.41) is 3.86. The molecule has 0 saturated heterocycles. The van der Waals surface area contributed by atoms with Gasteiger partial charge in [-0.1, -0.05) is 117 Å². The maximum absolute atomic E-state index is 5.02. The van der Waals surface area contributed by atoms with Crippen molar-refractivity contribution in [3.8, 4) is 11.1 Å². The minimum atomic E-state index is 0.0999. The molecule has 0 bridgehead atoms. The van der Waals surface area contributed by atoms with Crippen LogP contribution in [0.2, 0.25) is 0 Å². The standard InChI is InChI=1S/C39H32N2/c1-39(2)35-15-9-8-14-31(35)33-23-38-34(22-36(33)39)32-19-18-30(27-10-4-3-5-11-27)21-37(32)41(38)25-40-24-26-16-17-28-12-6-7-13-29(28)20-26/h3-21,23,25,36H,22,24H2,1-2H3/b40-25+. The maximum atomic E-state index is 5.02. The second-order valence-electron chi connectivity index (χ2n) is 12.1. The second-order valence-corrected chi connectivity index (χ2v) is 12.1. The SMILES string of the molecule is CC1(C)c2ccccc2C2=Cc3c(c4ccc(-c5ccccc5)cc4n3/C=N/Cc3ccc4ccccc4c3)CC21. The van der Waals surface area contributed by atoms with Gasteiger partial charge in [-0.15, -0.1) is 0 Å².